The average molecular weight is 467 g/mol. The standard InChI is InChI=1S/C23H26N6O3S/c30-14-18(32)13-28-8-2-4-16(12-28)25-22-24-7-6-19(26-22)21-20(15-3-1-5-17(31)11-15)27-23-29(21)9-10-33-23/h1,3,5-7,9-11,16,18,30-32H,2,4,8,12-14H2,(H,24,25,26)/t16-,18-/m1/s1. The molecule has 9 nitrogen and oxygen atoms in total. The van der Waals surface area contributed by atoms with E-state index in [-0.39, 0.29) is 18.4 Å². The number of benzene rings is 1. The van der Waals surface area contributed by atoms with Crippen molar-refractivity contribution < 1.29 is 15.3 Å². The number of nitrogens with one attached hydrogen (secondary N) is 1. The minimum Gasteiger partial charge on any atom is -0.508 e. The largest absolute Gasteiger partial charge is 0.508 e. The highest BCUT2D eigenvalue weighted by atomic mass is 32.1. The van der Waals surface area contributed by atoms with Crippen LogP contribution in [0.1, 0.15) is 12.8 Å². The maximum absolute atomic E-state index is 9.98. The molecule has 0 bridgehead atoms. The lowest BCUT2D eigenvalue weighted by Crippen LogP contribution is -2.45. The van der Waals surface area contributed by atoms with Crippen molar-refractivity contribution in [1.82, 2.24) is 24.3 Å². The number of hydrogen-bond acceptors (Lipinski definition) is 9. The second-order valence-electron chi connectivity index (χ2n) is 8.26. The first-order chi connectivity index (χ1) is 16.1. The molecule has 0 spiro atoms. The number of aliphatic hydroxyl groups is 2. The molecule has 3 aromatic heterocycles. The number of β-amino-alcohol motifs (C(OH)–C–C–N with tert-alkyl or cyclic N) is 1. The van der Waals surface area contributed by atoms with E-state index >= 15 is 0 Å². The van der Waals surface area contributed by atoms with Gasteiger partial charge in [0, 0.05) is 42.5 Å². The van der Waals surface area contributed by atoms with E-state index < -0.39 is 6.10 Å². The van der Waals surface area contributed by atoms with Gasteiger partial charge in [0.15, 0.2) is 4.96 Å². The quantitative estimate of drug-likeness (QED) is 0.328. The summed E-state index contributed by atoms with van der Waals surface area (Å²) in [7, 11) is 0. The molecule has 0 unspecified atom stereocenters. The second-order valence-corrected chi connectivity index (χ2v) is 9.13. The summed E-state index contributed by atoms with van der Waals surface area (Å²) in [6.07, 6.45) is 4.95. The van der Waals surface area contributed by atoms with E-state index in [1.165, 1.54) is 0 Å². The van der Waals surface area contributed by atoms with Crippen molar-refractivity contribution in [2.75, 3.05) is 31.6 Å². The minimum atomic E-state index is -0.728. The third-order valence-electron chi connectivity index (χ3n) is 5.80. The third kappa shape index (κ3) is 4.69. The van der Waals surface area contributed by atoms with Gasteiger partial charge in [0.2, 0.25) is 5.95 Å². The van der Waals surface area contributed by atoms with E-state index in [0.717, 1.165) is 53.5 Å². The van der Waals surface area contributed by atoms with E-state index in [9.17, 15) is 10.2 Å². The number of phenolic OH excluding ortho intramolecular Hbond substituents is 1. The fraction of sp³-hybridized carbons (Fsp3) is 0.348. The molecule has 1 saturated heterocycles. The molecule has 0 amide bonds. The van der Waals surface area contributed by atoms with Crippen LogP contribution in [-0.4, -0.2) is 78.0 Å². The van der Waals surface area contributed by atoms with Gasteiger partial charge in [0.1, 0.15) is 11.4 Å². The Morgan fingerprint density at radius 2 is 2.15 bits per heavy atom. The zero-order valence-corrected chi connectivity index (χ0v) is 18.8. The number of rotatable bonds is 7. The van der Waals surface area contributed by atoms with Crippen LogP contribution in [0.2, 0.25) is 0 Å². The molecule has 4 N–H and O–H groups in total. The first-order valence-corrected chi connectivity index (χ1v) is 11.8. The number of likely N-dealkylation sites (tertiary alicyclic amines) is 1. The van der Waals surface area contributed by atoms with Gasteiger partial charge in [-0.25, -0.2) is 15.0 Å². The summed E-state index contributed by atoms with van der Waals surface area (Å²) in [5.74, 6) is 0.724. The number of nitrogens with zero attached hydrogens (tertiary/aromatic N) is 5. The van der Waals surface area contributed by atoms with Crippen molar-refractivity contribution in [2.24, 2.45) is 0 Å². The summed E-state index contributed by atoms with van der Waals surface area (Å²) in [6, 6.07) is 9.08. The molecule has 172 valence electrons. The molecule has 5 rings (SSSR count). The van der Waals surface area contributed by atoms with Crippen LogP contribution in [0.25, 0.3) is 27.6 Å². The van der Waals surface area contributed by atoms with Crippen molar-refractivity contribution in [3.63, 3.8) is 0 Å². The second kappa shape index (κ2) is 9.44. The van der Waals surface area contributed by atoms with E-state index in [1.54, 1.807) is 35.7 Å². The summed E-state index contributed by atoms with van der Waals surface area (Å²) in [5.41, 5.74) is 3.15. The maximum atomic E-state index is 9.98. The van der Waals surface area contributed by atoms with Crippen LogP contribution < -0.4 is 5.32 Å². The Morgan fingerprint density at radius 1 is 1.24 bits per heavy atom. The normalized spacial score (nSPS) is 17.9. The van der Waals surface area contributed by atoms with Crippen LogP contribution in [0, 0.1) is 0 Å². The fourth-order valence-corrected chi connectivity index (χ4v) is 5.04. The highest BCUT2D eigenvalue weighted by Crippen LogP contribution is 2.34. The number of hydrogen-bond donors (Lipinski definition) is 4. The van der Waals surface area contributed by atoms with Gasteiger partial charge in [-0.15, -0.1) is 11.3 Å². The van der Waals surface area contributed by atoms with Crippen LogP contribution in [0.3, 0.4) is 0 Å². The van der Waals surface area contributed by atoms with Gasteiger partial charge in [0.25, 0.3) is 0 Å². The minimum absolute atomic E-state index is 0.150. The number of imidazole rings is 1. The van der Waals surface area contributed by atoms with Crippen LogP contribution >= 0.6 is 11.3 Å². The number of aromatic hydroxyl groups is 1. The molecule has 1 aliphatic heterocycles. The number of piperidine rings is 1. The fourth-order valence-electron chi connectivity index (χ4n) is 4.32. The Bertz CT molecular complexity index is 1240. The molecular formula is C23H26N6O3S. The van der Waals surface area contributed by atoms with Crippen molar-refractivity contribution in [3.8, 4) is 28.4 Å². The molecule has 0 saturated carbocycles. The Balaban J connectivity index is 1.43. The lowest BCUT2D eigenvalue weighted by Gasteiger charge is -2.34. The highest BCUT2D eigenvalue weighted by molar-refractivity contribution is 7.15. The zero-order chi connectivity index (χ0) is 22.8. The van der Waals surface area contributed by atoms with Crippen molar-refractivity contribution >= 4 is 22.2 Å². The molecule has 1 aliphatic rings. The lowest BCUT2D eigenvalue weighted by molar-refractivity contribution is 0.0517. The van der Waals surface area contributed by atoms with Crippen molar-refractivity contribution in [3.05, 3.63) is 48.1 Å². The van der Waals surface area contributed by atoms with Gasteiger partial charge < -0.3 is 20.6 Å². The molecule has 0 radical (unpaired) electrons. The number of phenols is 1. The smallest absolute Gasteiger partial charge is 0.223 e. The molecular weight excluding hydrogens is 440 g/mol. The molecule has 1 fully saturated rings. The van der Waals surface area contributed by atoms with Gasteiger partial charge in [-0.05, 0) is 37.6 Å². The number of fused-ring (bicyclic) bond motifs is 1. The first kappa shape index (κ1) is 21.8. The highest BCUT2D eigenvalue weighted by Gasteiger charge is 2.23. The molecule has 33 heavy (non-hydrogen) atoms. The van der Waals surface area contributed by atoms with E-state index in [4.69, 9.17) is 15.1 Å². The zero-order valence-electron chi connectivity index (χ0n) is 18.0. The topological polar surface area (TPSA) is 119 Å². The molecule has 4 heterocycles. The lowest BCUT2D eigenvalue weighted by atomic mass is 10.1. The summed E-state index contributed by atoms with van der Waals surface area (Å²) in [6.45, 7) is 1.87. The Morgan fingerprint density at radius 3 is 3.00 bits per heavy atom. The summed E-state index contributed by atoms with van der Waals surface area (Å²) < 4.78 is 2.01. The third-order valence-corrected chi connectivity index (χ3v) is 6.55. The molecule has 10 heteroatoms. The molecule has 2 atom stereocenters. The van der Waals surface area contributed by atoms with Crippen LogP contribution in [-0.2, 0) is 0 Å². The number of aliphatic hydroxyl groups excluding tert-OH is 2. The predicted octanol–water partition coefficient (Wildman–Crippen LogP) is 2.45. The summed E-state index contributed by atoms with van der Waals surface area (Å²) in [5, 5.41) is 34.3. The summed E-state index contributed by atoms with van der Waals surface area (Å²) >= 11 is 1.54. The van der Waals surface area contributed by atoms with Gasteiger partial charge in [-0.3, -0.25) is 9.30 Å². The Labute approximate surface area is 195 Å². The molecule has 4 aromatic rings. The van der Waals surface area contributed by atoms with Gasteiger partial charge in [0.05, 0.1) is 24.1 Å². The predicted molar refractivity (Wildman–Crippen MR) is 127 cm³/mol. The van der Waals surface area contributed by atoms with Crippen LogP contribution in [0.5, 0.6) is 5.75 Å². The summed E-state index contributed by atoms with van der Waals surface area (Å²) in [4.78, 5) is 17.0. The molecule has 1 aromatic carbocycles. The van der Waals surface area contributed by atoms with Crippen LogP contribution in [0.4, 0.5) is 5.95 Å². The van der Waals surface area contributed by atoms with Crippen LogP contribution in [0.15, 0.2) is 48.1 Å². The van der Waals surface area contributed by atoms with E-state index in [1.807, 2.05) is 28.1 Å². The van der Waals surface area contributed by atoms with Gasteiger partial charge in [-0.1, -0.05) is 12.1 Å². The number of thiazole rings is 1. The Kier molecular flexibility index (Phi) is 6.23. The van der Waals surface area contributed by atoms with Gasteiger partial charge in [-0.2, -0.15) is 0 Å². The SMILES string of the molecule is OC[C@H](O)CN1CCC[C@@H](Nc2nccc(-c3c(-c4cccc(O)c4)nc4sccn34)n2)C1. The van der Waals surface area contributed by atoms with Crippen molar-refractivity contribution in [1.29, 1.82) is 0 Å². The monoisotopic (exact) mass is 466 g/mol. The molecule has 0 aliphatic carbocycles. The number of anilines is 1. The first-order valence-electron chi connectivity index (χ1n) is 11.0. The van der Waals surface area contributed by atoms with E-state index in [0.29, 0.717) is 12.5 Å². The van der Waals surface area contributed by atoms with E-state index in [2.05, 4.69) is 15.2 Å². The average Bonchev–Trinajstić information content (AvgIpc) is 3.41. The van der Waals surface area contributed by atoms with Gasteiger partial charge >= 0.3 is 0 Å². The maximum Gasteiger partial charge on any atom is 0.223 e. The number of aromatic nitrogens is 4. The Hall–Kier alpha value is -3.05. The van der Waals surface area contributed by atoms with Crippen molar-refractivity contribution in [2.45, 2.75) is 25.0 Å².